The van der Waals surface area contributed by atoms with Crippen molar-refractivity contribution in [2.24, 2.45) is 4.99 Å². The maximum absolute atomic E-state index is 12.8. The number of nitrogens with one attached hydrogen (secondary N) is 1. The Morgan fingerprint density at radius 3 is 2.56 bits per heavy atom. The normalized spacial score (nSPS) is 15.0. The van der Waals surface area contributed by atoms with Gasteiger partial charge in [0.1, 0.15) is 12.1 Å². The van der Waals surface area contributed by atoms with Crippen LogP contribution in [0.2, 0.25) is 0 Å². The van der Waals surface area contributed by atoms with Crippen LogP contribution in [-0.4, -0.2) is 49.6 Å². The fourth-order valence-corrected chi connectivity index (χ4v) is 5.85. The molecule has 1 N–H and O–H groups in total. The quantitative estimate of drug-likeness (QED) is 0.180. The standard InChI is InChI=1S/C32H31F3N6O2S2/c1-3-4-7-23-8-5-6-9-27(23)41-28(42)19-45-31(41)38-30(44)36-18-21(2)22-10-12-24(13-11-22)29-37-20-40(39-29)25-14-16-26(17-15-25)43-32(33,34)35/h5-6,8-17,20-21H,3-4,7,18-19H2,1-2H3,(H,36,44). The molecule has 45 heavy (non-hydrogen) atoms. The van der Waals surface area contributed by atoms with E-state index in [-0.39, 0.29) is 17.6 Å². The van der Waals surface area contributed by atoms with E-state index in [0.717, 1.165) is 41.6 Å². The summed E-state index contributed by atoms with van der Waals surface area (Å²) < 4.78 is 42.7. The van der Waals surface area contributed by atoms with Crippen LogP contribution in [0.5, 0.6) is 5.75 Å². The van der Waals surface area contributed by atoms with Crippen LogP contribution >= 0.6 is 24.0 Å². The van der Waals surface area contributed by atoms with Gasteiger partial charge in [-0.3, -0.25) is 9.69 Å². The minimum atomic E-state index is -4.75. The molecule has 1 aliphatic rings. The number of halogens is 3. The molecule has 0 saturated carbocycles. The van der Waals surface area contributed by atoms with E-state index in [0.29, 0.717) is 34.1 Å². The number of carbonyl (C=O) groups is 1. The van der Waals surface area contributed by atoms with E-state index in [1.54, 1.807) is 4.90 Å². The van der Waals surface area contributed by atoms with Crippen molar-refractivity contribution in [1.82, 2.24) is 20.1 Å². The van der Waals surface area contributed by atoms with Crippen LogP contribution in [0.4, 0.5) is 18.9 Å². The number of alkyl halides is 3. The number of rotatable bonds is 10. The van der Waals surface area contributed by atoms with Gasteiger partial charge < -0.3 is 10.1 Å². The smallest absolute Gasteiger partial charge is 0.406 e. The average molecular weight is 653 g/mol. The molecule has 1 fully saturated rings. The number of nitrogens with zero attached hydrogens (tertiary/aromatic N) is 5. The van der Waals surface area contributed by atoms with E-state index in [9.17, 15) is 18.0 Å². The van der Waals surface area contributed by atoms with Crippen LogP contribution in [0, 0.1) is 0 Å². The first-order valence-electron chi connectivity index (χ1n) is 14.4. The number of thioether (sulfide) groups is 1. The average Bonchev–Trinajstić information content (AvgIpc) is 3.66. The molecule has 0 aliphatic carbocycles. The molecule has 234 valence electrons. The van der Waals surface area contributed by atoms with Crippen LogP contribution in [0.1, 0.15) is 43.7 Å². The Bertz CT molecular complexity index is 1670. The van der Waals surface area contributed by atoms with Gasteiger partial charge in [0, 0.05) is 12.1 Å². The summed E-state index contributed by atoms with van der Waals surface area (Å²) >= 11 is 6.92. The van der Waals surface area contributed by atoms with Gasteiger partial charge in [0.15, 0.2) is 16.1 Å². The lowest BCUT2D eigenvalue weighted by Gasteiger charge is -2.20. The first-order chi connectivity index (χ1) is 21.6. The second-order valence-electron chi connectivity index (χ2n) is 10.4. The van der Waals surface area contributed by atoms with E-state index < -0.39 is 6.36 Å². The summed E-state index contributed by atoms with van der Waals surface area (Å²) in [6.07, 6.45) is -0.249. The second kappa shape index (κ2) is 14.2. The molecule has 1 aliphatic heterocycles. The zero-order chi connectivity index (χ0) is 32.0. The monoisotopic (exact) mass is 652 g/mol. The van der Waals surface area contributed by atoms with E-state index in [2.05, 4.69) is 45.0 Å². The van der Waals surface area contributed by atoms with Crippen LogP contribution in [0.25, 0.3) is 17.1 Å². The number of benzene rings is 3. The number of hydrogen-bond donors (Lipinski definition) is 1. The van der Waals surface area contributed by atoms with Gasteiger partial charge in [-0.2, -0.15) is 4.99 Å². The Kier molecular flexibility index (Phi) is 10.2. The maximum atomic E-state index is 12.8. The fraction of sp³-hybridized carbons (Fsp3) is 0.281. The van der Waals surface area contributed by atoms with Crippen LogP contribution in [0.3, 0.4) is 0 Å². The van der Waals surface area contributed by atoms with Gasteiger partial charge >= 0.3 is 6.36 Å². The van der Waals surface area contributed by atoms with Crippen molar-refractivity contribution in [2.75, 3.05) is 17.2 Å². The Morgan fingerprint density at radius 2 is 1.84 bits per heavy atom. The molecule has 2 heterocycles. The zero-order valence-electron chi connectivity index (χ0n) is 24.6. The van der Waals surface area contributed by atoms with Gasteiger partial charge in [-0.1, -0.05) is 74.5 Å². The fourth-order valence-electron chi connectivity index (χ4n) is 4.75. The molecule has 8 nitrogen and oxygen atoms in total. The van der Waals surface area contributed by atoms with Crippen LogP contribution in [0.15, 0.2) is 84.1 Å². The minimum Gasteiger partial charge on any atom is -0.406 e. The first kappa shape index (κ1) is 32.2. The van der Waals surface area contributed by atoms with E-state index in [1.165, 1.54) is 47.0 Å². The lowest BCUT2D eigenvalue weighted by atomic mass is 10.00. The molecule has 13 heteroatoms. The summed E-state index contributed by atoms with van der Waals surface area (Å²) in [4.78, 5) is 23.4. The number of para-hydroxylation sites is 1. The molecule has 0 bridgehead atoms. The molecule has 0 radical (unpaired) electrons. The molecule has 1 aromatic heterocycles. The number of amides is 1. The Hall–Kier alpha value is -4.23. The lowest BCUT2D eigenvalue weighted by molar-refractivity contribution is -0.274. The highest BCUT2D eigenvalue weighted by Gasteiger charge is 2.32. The van der Waals surface area contributed by atoms with E-state index >= 15 is 0 Å². The van der Waals surface area contributed by atoms with Gasteiger partial charge in [-0.25, -0.2) is 9.67 Å². The maximum Gasteiger partial charge on any atom is 0.573 e. The number of carbonyl (C=O) groups excluding carboxylic acids is 1. The zero-order valence-corrected chi connectivity index (χ0v) is 26.3. The van der Waals surface area contributed by atoms with Crippen molar-refractivity contribution < 1.29 is 22.7 Å². The topological polar surface area (TPSA) is 84.6 Å². The van der Waals surface area contributed by atoms with Crippen LogP contribution < -0.4 is 15.0 Å². The van der Waals surface area contributed by atoms with Gasteiger partial charge in [-0.15, -0.1) is 18.3 Å². The lowest BCUT2D eigenvalue weighted by Crippen LogP contribution is -2.32. The highest BCUT2D eigenvalue weighted by molar-refractivity contribution is 8.15. The molecule has 1 amide bonds. The number of amidine groups is 1. The van der Waals surface area contributed by atoms with Crippen molar-refractivity contribution in [2.45, 2.75) is 45.4 Å². The third-order valence-electron chi connectivity index (χ3n) is 7.12. The number of hydrogen-bond acceptors (Lipinski definition) is 6. The second-order valence-corrected chi connectivity index (χ2v) is 11.7. The van der Waals surface area contributed by atoms with E-state index in [1.807, 2.05) is 42.5 Å². The highest BCUT2D eigenvalue weighted by atomic mass is 32.2. The van der Waals surface area contributed by atoms with Crippen molar-refractivity contribution >= 4 is 45.9 Å². The summed E-state index contributed by atoms with van der Waals surface area (Å²) in [5.41, 5.74) is 4.39. The number of aryl methyl sites for hydroxylation is 1. The molecule has 1 atom stereocenters. The number of aromatic nitrogens is 3. The van der Waals surface area contributed by atoms with E-state index in [4.69, 9.17) is 12.2 Å². The molecule has 1 saturated heterocycles. The third kappa shape index (κ3) is 8.28. The number of anilines is 1. The highest BCUT2D eigenvalue weighted by Crippen LogP contribution is 2.31. The van der Waals surface area contributed by atoms with Gasteiger partial charge in [0.2, 0.25) is 5.91 Å². The number of thiocarbonyl (C=S) groups is 1. The molecule has 4 aromatic rings. The number of unbranched alkanes of at least 4 members (excludes halogenated alkanes) is 1. The molecule has 1 unspecified atom stereocenters. The summed E-state index contributed by atoms with van der Waals surface area (Å²) in [6, 6.07) is 21.1. The summed E-state index contributed by atoms with van der Waals surface area (Å²) in [6.45, 7) is 4.76. The number of ether oxygens (including phenoxy) is 1. The Morgan fingerprint density at radius 1 is 1.11 bits per heavy atom. The molecule has 3 aromatic carbocycles. The van der Waals surface area contributed by atoms with Gasteiger partial charge in [0.05, 0.1) is 17.1 Å². The van der Waals surface area contributed by atoms with Crippen molar-refractivity contribution in [3.8, 4) is 22.8 Å². The van der Waals surface area contributed by atoms with Crippen molar-refractivity contribution in [3.63, 3.8) is 0 Å². The van der Waals surface area contributed by atoms with Crippen molar-refractivity contribution in [3.05, 3.63) is 90.3 Å². The largest absolute Gasteiger partial charge is 0.573 e. The predicted octanol–water partition coefficient (Wildman–Crippen LogP) is 7.29. The summed E-state index contributed by atoms with van der Waals surface area (Å²) in [7, 11) is 0. The molecular weight excluding hydrogens is 622 g/mol. The minimum absolute atomic E-state index is 0.00767. The van der Waals surface area contributed by atoms with Gasteiger partial charge in [-0.05, 0) is 72.4 Å². The summed E-state index contributed by atoms with van der Waals surface area (Å²) in [5, 5.41) is 8.58. The molecule has 5 rings (SSSR count). The predicted molar refractivity (Wildman–Crippen MR) is 175 cm³/mol. The van der Waals surface area contributed by atoms with Gasteiger partial charge in [0.25, 0.3) is 0 Å². The first-order valence-corrected chi connectivity index (χ1v) is 15.8. The van der Waals surface area contributed by atoms with Crippen LogP contribution in [-0.2, 0) is 11.2 Å². The SMILES string of the molecule is CCCCc1ccccc1N1C(=O)CSC1=NC(=S)NCC(C)c1ccc(-c2ncn(-c3ccc(OC(F)(F)F)cc3)n2)cc1. The summed E-state index contributed by atoms with van der Waals surface area (Å²) in [5.74, 6) is 0.583. The Labute approximate surface area is 268 Å². The Balaban J connectivity index is 1.19. The third-order valence-corrected chi connectivity index (χ3v) is 8.28. The molecule has 0 spiro atoms. The molecular formula is C32H31F3N6O2S2. The number of aliphatic imine (C=N–C) groups is 1. The van der Waals surface area contributed by atoms with Crippen molar-refractivity contribution in [1.29, 1.82) is 0 Å².